The quantitative estimate of drug-likeness (QED) is 0.0607. The Morgan fingerprint density at radius 3 is 1.00 bits per heavy atom. The van der Waals surface area contributed by atoms with E-state index in [-0.39, 0.29) is 46.4 Å². The maximum atomic E-state index is 13.8. The number of hydrogen-bond acceptors (Lipinski definition) is 6. The van der Waals surface area contributed by atoms with Gasteiger partial charge >= 0.3 is 11.9 Å². The topological polar surface area (TPSA) is 93.1 Å². The van der Waals surface area contributed by atoms with Gasteiger partial charge in [-0.2, -0.15) is 0 Å². The molecule has 6 nitrogen and oxygen atoms in total. The zero-order valence-corrected chi connectivity index (χ0v) is 37.0. The molecule has 4 aromatic carbocycles. The van der Waals surface area contributed by atoms with Crippen molar-refractivity contribution in [3.8, 4) is 11.5 Å². The lowest BCUT2D eigenvalue weighted by Crippen LogP contribution is -2.19. The lowest BCUT2D eigenvalue weighted by Gasteiger charge is -2.28. The van der Waals surface area contributed by atoms with Crippen molar-refractivity contribution in [2.75, 3.05) is 13.2 Å². The van der Waals surface area contributed by atoms with Gasteiger partial charge in [-0.1, -0.05) is 144 Å². The number of phenolic OH excluding ortho intramolecular Hbond substituents is 2. The zero-order valence-electron chi connectivity index (χ0n) is 37.0. The molecule has 0 fully saturated rings. The molecule has 0 amide bonds. The van der Waals surface area contributed by atoms with Crippen LogP contribution in [0.1, 0.15) is 153 Å². The maximum Gasteiger partial charge on any atom is 0.338 e. The fourth-order valence-electron chi connectivity index (χ4n) is 6.86. The Balaban J connectivity index is 1.44. The van der Waals surface area contributed by atoms with E-state index in [1.54, 1.807) is 0 Å². The summed E-state index contributed by atoms with van der Waals surface area (Å²) in [5.74, 6) is -0.316. The Hall–Kier alpha value is -5.10. The third-order valence-corrected chi connectivity index (χ3v) is 10.2. The fraction of sp³-hybridized carbons (Fsp3) is 0.423. The van der Waals surface area contributed by atoms with Crippen molar-refractivity contribution in [3.05, 3.63) is 129 Å². The number of aromatic hydroxyl groups is 2. The van der Waals surface area contributed by atoms with Gasteiger partial charge in [0.15, 0.2) is 0 Å². The molecular weight excluding hydrogens is 721 g/mol. The van der Waals surface area contributed by atoms with Crippen LogP contribution < -0.4 is 0 Å². The fourth-order valence-corrected chi connectivity index (χ4v) is 6.86. The highest BCUT2D eigenvalue weighted by atomic mass is 16.5. The van der Waals surface area contributed by atoms with E-state index in [9.17, 15) is 19.8 Å². The van der Waals surface area contributed by atoms with Crippen molar-refractivity contribution in [2.24, 2.45) is 0 Å². The third-order valence-electron chi connectivity index (χ3n) is 10.2. The van der Waals surface area contributed by atoms with E-state index in [0.717, 1.165) is 46.2 Å². The number of carbonyl (C=O) groups excluding carboxylic acids is 2. The molecule has 6 heteroatoms. The van der Waals surface area contributed by atoms with Crippen LogP contribution >= 0.6 is 0 Å². The van der Waals surface area contributed by atoms with E-state index >= 15 is 0 Å². The van der Waals surface area contributed by atoms with Crippen molar-refractivity contribution in [1.82, 2.24) is 0 Å². The highest BCUT2D eigenvalue weighted by Crippen LogP contribution is 2.43. The smallest absolute Gasteiger partial charge is 0.338 e. The molecule has 0 unspecified atom stereocenters. The zero-order chi connectivity index (χ0) is 43.1. The highest BCUT2D eigenvalue weighted by molar-refractivity contribution is 6.22. The van der Waals surface area contributed by atoms with Gasteiger partial charge in [-0.15, -0.1) is 0 Å². The molecule has 0 aliphatic heterocycles. The summed E-state index contributed by atoms with van der Waals surface area (Å²) in [6.45, 7) is 25.2. The van der Waals surface area contributed by atoms with Gasteiger partial charge in [-0.3, -0.25) is 0 Å². The summed E-state index contributed by atoms with van der Waals surface area (Å²) in [5, 5.41) is 22.7. The second kappa shape index (κ2) is 18.7. The summed E-state index contributed by atoms with van der Waals surface area (Å²) >= 11 is 0. The first-order valence-electron chi connectivity index (χ1n) is 20.6. The molecule has 0 aromatic heterocycles. The second-order valence-electron chi connectivity index (χ2n) is 19.5. The normalized spacial score (nSPS) is 13.0. The van der Waals surface area contributed by atoms with Crippen molar-refractivity contribution < 1.29 is 29.3 Å². The van der Waals surface area contributed by atoms with Crippen LogP contribution in [0.25, 0.3) is 23.3 Å². The van der Waals surface area contributed by atoms with Crippen LogP contribution in [-0.2, 0) is 40.7 Å². The minimum atomic E-state index is -0.417. The lowest BCUT2D eigenvalue weighted by molar-refractivity contribution is -0.137. The van der Waals surface area contributed by atoms with E-state index in [2.05, 4.69) is 83.1 Å². The Labute approximate surface area is 348 Å². The predicted octanol–water partition coefficient (Wildman–Crippen LogP) is 12.7. The van der Waals surface area contributed by atoms with E-state index in [1.165, 1.54) is 0 Å². The van der Waals surface area contributed by atoms with Gasteiger partial charge in [-0.25, -0.2) is 9.59 Å². The number of hydrogen-bond donors (Lipinski definition) is 2. The predicted molar refractivity (Wildman–Crippen MR) is 240 cm³/mol. The lowest BCUT2D eigenvalue weighted by atomic mass is 9.77. The molecule has 0 aliphatic rings. The van der Waals surface area contributed by atoms with Crippen molar-refractivity contribution >= 4 is 35.2 Å². The Morgan fingerprint density at radius 2 is 0.741 bits per heavy atom. The number of unbranched alkanes of at least 4 members (excludes halogenated alkanes) is 3. The Kier molecular flexibility index (Phi) is 14.7. The van der Waals surface area contributed by atoms with Crippen LogP contribution in [-0.4, -0.2) is 35.4 Å². The summed E-state index contributed by atoms with van der Waals surface area (Å²) in [6, 6.07) is 27.1. The second-order valence-corrected chi connectivity index (χ2v) is 19.5. The van der Waals surface area contributed by atoms with Crippen LogP contribution in [0, 0.1) is 0 Å². The summed E-state index contributed by atoms with van der Waals surface area (Å²) in [5.41, 5.74) is 5.73. The summed E-state index contributed by atoms with van der Waals surface area (Å²) < 4.78 is 11.8. The van der Waals surface area contributed by atoms with Gasteiger partial charge in [0.25, 0.3) is 0 Å². The van der Waals surface area contributed by atoms with Gasteiger partial charge in [0, 0.05) is 22.3 Å². The molecule has 0 radical (unpaired) electrons. The molecule has 4 rings (SSSR count). The van der Waals surface area contributed by atoms with Crippen molar-refractivity contribution in [1.29, 1.82) is 0 Å². The number of phenols is 2. The molecule has 4 aromatic rings. The third kappa shape index (κ3) is 12.2. The molecule has 0 atom stereocenters. The molecule has 0 saturated heterocycles. The molecule has 0 aliphatic carbocycles. The summed E-state index contributed by atoms with van der Waals surface area (Å²) in [4.78, 5) is 27.6. The molecule has 0 heterocycles. The van der Waals surface area contributed by atoms with Gasteiger partial charge < -0.3 is 19.7 Å². The highest BCUT2D eigenvalue weighted by Gasteiger charge is 2.30. The van der Waals surface area contributed by atoms with Gasteiger partial charge in [0.05, 0.1) is 24.4 Å². The minimum absolute atomic E-state index is 0.248. The molecule has 58 heavy (non-hydrogen) atoms. The Morgan fingerprint density at radius 1 is 0.466 bits per heavy atom. The van der Waals surface area contributed by atoms with E-state index in [4.69, 9.17) is 9.47 Å². The molecule has 0 saturated carbocycles. The number of rotatable bonds is 13. The van der Waals surface area contributed by atoms with Crippen LogP contribution in [0.15, 0.2) is 84.9 Å². The first-order valence-corrected chi connectivity index (χ1v) is 20.6. The van der Waals surface area contributed by atoms with E-state index in [0.29, 0.717) is 35.1 Å². The van der Waals surface area contributed by atoms with Crippen molar-refractivity contribution in [2.45, 2.75) is 130 Å². The molecule has 0 spiro atoms. The average molecular weight is 787 g/mol. The Bertz CT molecular complexity index is 1870. The van der Waals surface area contributed by atoms with Gasteiger partial charge in [-0.05, 0) is 106 Å². The molecule has 310 valence electrons. The van der Waals surface area contributed by atoms with E-state index in [1.807, 2.05) is 97.1 Å². The number of benzene rings is 4. The summed E-state index contributed by atoms with van der Waals surface area (Å²) in [6.07, 6.45) is 6.61. The van der Waals surface area contributed by atoms with Crippen molar-refractivity contribution in [3.63, 3.8) is 0 Å². The summed E-state index contributed by atoms with van der Waals surface area (Å²) in [7, 11) is 0. The molecule has 2 N–H and O–H groups in total. The number of esters is 2. The van der Waals surface area contributed by atoms with E-state index < -0.39 is 11.9 Å². The largest absolute Gasteiger partial charge is 0.507 e. The average Bonchev–Trinajstić information content (AvgIpc) is 3.13. The number of carbonyl (C=O) groups is 2. The molecular formula is C52H66O6. The standard InChI is InChI=1S/C52H66O6/c1-49(2,3)41-31-37(32-42(45(41)53)50(4,5)6)39(29-35-23-17-15-18-24-35)47(55)57-27-21-13-14-22-28-58-48(56)40(30-36-25-19-16-20-26-36)38-33-43(51(7,8)9)46(54)44(34-38)52(10,11)12/h15-20,23-26,29-34,53-54H,13-14,21-22,27-28H2,1-12H3. The van der Waals surface area contributed by atoms with Gasteiger partial charge in [0.1, 0.15) is 11.5 Å². The number of ether oxygens (including phenoxy) is 2. The van der Waals surface area contributed by atoms with Crippen LogP contribution in [0.4, 0.5) is 0 Å². The monoisotopic (exact) mass is 786 g/mol. The van der Waals surface area contributed by atoms with Crippen LogP contribution in [0.3, 0.4) is 0 Å². The maximum absolute atomic E-state index is 13.8. The molecule has 0 bridgehead atoms. The first kappa shape index (κ1) is 45.6. The van der Waals surface area contributed by atoms with Crippen LogP contribution in [0.5, 0.6) is 11.5 Å². The van der Waals surface area contributed by atoms with Gasteiger partial charge in [0.2, 0.25) is 0 Å². The van der Waals surface area contributed by atoms with Crippen LogP contribution in [0.2, 0.25) is 0 Å². The first-order chi connectivity index (χ1) is 27.0. The SMILES string of the molecule is CC(C)(C)c1cc(C(=Cc2ccccc2)C(=O)OCCCCCCOC(=O)C(=Cc2ccccc2)c2cc(C(C)(C)C)c(O)c(C(C)(C)C)c2)cc(C(C)(C)C)c1O. The minimum Gasteiger partial charge on any atom is -0.507 e.